The topological polar surface area (TPSA) is 180 Å². The lowest BCUT2D eigenvalue weighted by Gasteiger charge is -2.39. The number of imidazole rings is 1. The van der Waals surface area contributed by atoms with Crippen LogP contribution in [0.1, 0.15) is 98.7 Å². The summed E-state index contributed by atoms with van der Waals surface area (Å²) in [5.41, 5.74) is 0.983. The Hall–Kier alpha value is -6.60. The first-order valence-corrected chi connectivity index (χ1v) is 22.3. The van der Waals surface area contributed by atoms with Gasteiger partial charge in [0.15, 0.2) is 5.82 Å². The number of piperazine rings is 1. The molecule has 2 bridgehead atoms. The summed E-state index contributed by atoms with van der Waals surface area (Å²) in [5, 5.41) is 9.39. The molecule has 5 aliphatic rings. The van der Waals surface area contributed by atoms with E-state index in [0.29, 0.717) is 101 Å². The van der Waals surface area contributed by atoms with Crippen LogP contribution in [0.15, 0.2) is 42.6 Å². The predicted molar refractivity (Wildman–Crippen MR) is 242 cm³/mol. The highest BCUT2D eigenvalue weighted by Gasteiger charge is 2.47. The minimum absolute atomic E-state index is 0.148. The van der Waals surface area contributed by atoms with E-state index in [1.54, 1.807) is 30.1 Å². The number of aryl methyl sites for hydroxylation is 2. The minimum atomic E-state index is -3.73. The van der Waals surface area contributed by atoms with Gasteiger partial charge >= 0.3 is 0 Å². The Kier molecular flexibility index (Phi) is 9.50. The smallest absolute Gasteiger partial charge is 0.265 e. The molecule has 3 fully saturated rings. The maximum absolute atomic E-state index is 16.7. The van der Waals surface area contributed by atoms with Gasteiger partial charge < -0.3 is 14.2 Å². The number of nitrogens with zero attached hydrogens (tertiary/aromatic N) is 9. The monoisotopic (exact) mass is 925 g/mol. The number of rotatable bonds is 6. The number of imide groups is 2. The summed E-state index contributed by atoms with van der Waals surface area (Å²) in [6.07, 6.45) is 3.34. The average molecular weight is 926 g/mol. The first-order chi connectivity index (χ1) is 35.3. The summed E-state index contributed by atoms with van der Waals surface area (Å²) in [7, 11) is 1.79. The molecule has 5 aromatic rings. The number of pyridine rings is 1. The Morgan fingerprint density at radius 2 is 1.69 bits per heavy atom. The fraction of sp³-hybridized carbons (Fsp3) is 0.458. The van der Waals surface area contributed by atoms with E-state index in [0.717, 1.165) is 23.9 Å². The van der Waals surface area contributed by atoms with Crippen molar-refractivity contribution >= 4 is 52.2 Å². The molecule has 2 N–H and O–H groups in total. The van der Waals surface area contributed by atoms with E-state index in [1.807, 2.05) is 35.0 Å². The van der Waals surface area contributed by atoms with Crippen LogP contribution >= 0.6 is 0 Å². The van der Waals surface area contributed by atoms with Gasteiger partial charge in [-0.3, -0.25) is 54.3 Å². The van der Waals surface area contributed by atoms with E-state index in [9.17, 15) is 24.0 Å². The number of hydrogen-bond donors (Lipinski definition) is 2. The maximum atomic E-state index is 16.7. The third-order valence-corrected chi connectivity index (χ3v) is 13.0. The van der Waals surface area contributed by atoms with Crippen LogP contribution in [0.25, 0.3) is 22.3 Å². The molecule has 5 aliphatic heterocycles. The Morgan fingerprint density at radius 3 is 2.46 bits per heavy atom. The second-order valence-corrected chi connectivity index (χ2v) is 17.8. The Balaban J connectivity index is 0.853. The molecule has 17 nitrogen and oxygen atoms in total. The standard InChI is InChI=1S/C48H53F2N11O6/c1-27-5-4-18-67-47-33(23-51-56(47)3)36-21-31(19-28(2)52-36)43(63)55-48-53-35-7-6-30(20-38(35)60(48)24-27)26-57-12-10-29(11-13-57)25-58-14-16-59(17-15-58)42-34(49)22-32-40(41(42)50)46(66)61(45(32)65)37-8-9-39(62)54-44(37)64/h6-7,19-23,27,29,37H,4-5,8-18,24-26H2,1-3H3,(H,53,55,63)(H,54,62,64)/t27-,37?/m1/s1/i14D2,15D2,16D2,17D2. The fourth-order valence-electron chi connectivity index (χ4n) is 9.50. The van der Waals surface area contributed by atoms with Gasteiger partial charge in [0.1, 0.15) is 17.5 Å². The lowest BCUT2D eigenvalue weighted by atomic mass is 9.95. The van der Waals surface area contributed by atoms with E-state index in [2.05, 4.69) is 27.2 Å². The number of nitrogens with one attached hydrogen (secondary N) is 2. The van der Waals surface area contributed by atoms with E-state index in [-0.39, 0.29) is 29.6 Å². The van der Waals surface area contributed by atoms with Crippen LogP contribution in [-0.2, 0) is 29.7 Å². The number of amides is 5. The number of likely N-dealkylation sites (tertiary alicyclic amines) is 1. The lowest BCUT2D eigenvalue weighted by Crippen LogP contribution is -2.54. The lowest BCUT2D eigenvalue weighted by molar-refractivity contribution is -0.136. The number of aromatic nitrogens is 5. The molecule has 0 saturated carbocycles. The Labute approximate surface area is 396 Å². The molecule has 1 unspecified atom stereocenters. The zero-order valence-corrected chi connectivity index (χ0v) is 37.0. The largest absolute Gasteiger partial charge is 0.477 e. The number of piperidine rings is 2. The molecule has 67 heavy (non-hydrogen) atoms. The van der Waals surface area contributed by atoms with Crippen molar-refractivity contribution in [1.29, 1.82) is 0 Å². The van der Waals surface area contributed by atoms with Crippen LogP contribution in [0.5, 0.6) is 5.88 Å². The molecular weight excluding hydrogens is 865 g/mol. The zero-order chi connectivity index (χ0) is 53.8. The second-order valence-electron chi connectivity index (χ2n) is 17.8. The highest BCUT2D eigenvalue weighted by atomic mass is 19.1. The summed E-state index contributed by atoms with van der Waals surface area (Å²) in [4.78, 5) is 77.4. The molecule has 350 valence electrons. The normalized spacial score (nSPS) is 26.1. The summed E-state index contributed by atoms with van der Waals surface area (Å²) in [6, 6.07) is 8.01. The molecule has 8 heterocycles. The third-order valence-electron chi connectivity index (χ3n) is 13.0. The Morgan fingerprint density at radius 1 is 0.896 bits per heavy atom. The molecule has 3 aromatic heterocycles. The number of fused-ring (bicyclic) bond motifs is 8. The number of halogens is 2. The molecule has 2 aromatic carbocycles. The van der Waals surface area contributed by atoms with E-state index >= 15 is 8.78 Å². The number of carbonyl (C=O) groups is 5. The van der Waals surface area contributed by atoms with Gasteiger partial charge in [-0.25, -0.2) is 18.4 Å². The van der Waals surface area contributed by atoms with Gasteiger partial charge in [0.25, 0.3) is 17.7 Å². The molecule has 2 atom stereocenters. The van der Waals surface area contributed by atoms with Crippen molar-refractivity contribution in [1.82, 2.24) is 44.3 Å². The quantitative estimate of drug-likeness (QED) is 0.220. The molecule has 3 saturated heterocycles. The second kappa shape index (κ2) is 17.9. The fourth-order valence-corrected chi connectivity index (χ4v) is 9.50. The molecule has 0 aliphatic carbocycles. The maximum Gasteiger partial charge on any atom is 0.265 e. The van der Waals surface area contributed by atoms with E-state index in [1.165, 1.54) is 0 Å². The van der Waals surface area contributed by atoms with Crippen molar-refractivity contribution < 1.29 is 48.5 Å². The number of benzene rings is 2. The molecule has 10 rings (SSSR count). The van der Waals surface area contributed by atoms with Gasteiger partial charge in [0.2, 0.25) is 23.6 Å². The first-order valence-electron chi connectivity index (χ1n) is 26.3. The van der Waals surface area contributed by atoms with Crippen LogP contribution in [-0.4, -0.2) is 127 Å². The zero-order valence-electron chi connectivity index (χ0n) is 45.0. The number of hydrogen-bond acceptors (Lipinski definition) is 12. The SMILES string of the molecule is [2H]C1([2H])N(CC2CCN(Cc3ccc4nc5n(c4c3)C[C@H](C)CCCOc3c(cnn3C)-c3cc(cc(C)n3)C(=O)N5)CC2)C([2H])([2H])C([2H])([2H])N(c2c(F)cc3c(c2F)C(=O)N(C2CCC(=O)NC2=O)C3=O)C1([2H])[2H]. The summed E-state index contributed by atoms with van der Waals surface area (Å²) in [6.45, 7) is -8.64. The van der Waals surface area contributed by atoms with Gasteiger partial charge in [-0.2, -0.15) is 5.10 Å². The number of carbonyl (C=O) groups excluding carboxylic acids is 5. The number of ether oxygens (including phenoxy) is 1. The predicted octanol–water partition coefficient (Wildman–Crippen LogP) is 4.91. The van der Waals surface area contributed by atoms with Gasteiger partial charge in [0, 0.05) is 75.8 Å². The van der Waals surface area contributed by atoms with Gasteiger partial charge in [-0.05, 0) is 99.8 Å². The summed E-state index contributed by atoms with van der Waals surface area (Å²) >= 11 is 0. The third kappa shape index (κ3) is 8.54. The van der Waals surface area contributed by atoms with Crippen molar-refractivity contribution in [3.63, 3.8) is 0 Å². The van der Waals surface area contributed by atoms with Crippen molar-refractivity contribution in [3.05, 3.63) is 82.2 Å². The van der Waals surface area contributed by atoms with Crippen molar-refractivity contribution in [2.24, 2.45) is 18.9 Å². The Bertz CT molecular complexity index is 3190. The van der Waals surface area contributed by atoms with Crippen LogP contribution < -0.4 is 20.3 Å². The molecule has 5 amide bonds. The highest BCUT2D eigenvalue weighted by molar-refractivity contribution is 6.24. The first kappa shape index (κ1) is 35.6. The van der Waals surface area contributed by atoms with Crippen LogP contribution in [0.2, 0.25) is 0 Å². The van der Waals surface area contributed by atoms with E-state index < -0.39 is 96.6 Å². The summed E-state index contributed by atoms with van der Waals surface area (Å²) in [5.74, 6) is -8.02. The molecule has 0 radical (unpaired) electrons. The van der Waals surface area contributed by atoms with E-state index in [4.69, 9.17) is 20.7 Å². The van der Waals surface area contributed by atoms with Crippen LogP contribution in [0, 0.1) is 30.4 Å². The summed E-state index contributed by atoms with van der Waals surface area (Å²) < 4.78 is 115. The van der Waals surface area contributed by atoms with Crippen molar-refractivity contribution in [3.8, 4) is 17.1 Å². The van der Waals surface area contributed by atoms with Crippen LogP contribution in [0.3, 0.4) is 0 Å². The molecule has 19 heteroatoms. The van der Waals surface area contributed by atoms with Gasteiger partial charge in [0.05, 0.1) is 51.7 Å². The average Bonchev–Trinajstić information content (AvgIpc) is 3.96. The van der Waals surface area contributed by atoms with Gasteiger partial charge in [-0.1, -0.05) is 13.0 Å². The molecular formula is C48H53F2N11O6. The number of anilines is 2. The van der Waals surface area contributed by atoms with Gasteiger partial charge in [-0.15, -0.1) is 0 Å². The minimum Gasteiger partial charge on any atom is -0.477 e. The van der Waals surface area contributed by atoms with Crippen molar-refractivity contribution in [2.45, 2.75) is 71.5 Å². The van der Waals surface area contributed by atoms with Crippen molar-refractivity contribution in [2.75, 3.05) is 62.4 Å². The molecule has 0 spiro atoms. The van der Waals surface area contributed by atoms with Crippen LogP contribution in [0.4, 0.5) is 20.4 Å². The highest BCUT2D eigenvalue weighted by Crippen LogP contribution is 2.37.